The van der Waals surface area contributed by atoms with Crippen LogP contribution in [0.5, 0.6) is 5.75 Å². The fourth-order valence-electron chi connectivity index (χ4n) is 2.74. The Morgan fingerprint density at radius 2 is 1.81 bits per heavy atom. The van der Waals surface area contributed by atoms with E-state index in [1.54, 1.807) is 36.2 Å². The van der Waals surface area contributed by atoms with Crippen LogP contribution in [0.25, 0.3) is 0 Å². The van der Waals surface area contributed by atoms with E-state index < -0.39 is 0 Å². The Bertz CT molecular complexity index is 455. The molecular formula is C16H22ClNO3. The van der Waals surface area contributed by atoms with Gasteiger partial charge in [0.15, 0.2) is 0 Å². The molecule has 1 aliphatic rings. The SMILES string of the molecule is CN(C[C@H]1CC[C@H](CO)CC1)C(=O)Oc1ccc(Cl)cc1. The van der Waals surface area contributed by atoms with Crippen LogP contribution < -0.4 is 4.74 Å². The normalized spacial score (nSPS) is 21.9. The smallest absolute Gasteiger partial charge is 0.410 e. The van der Waals surface area contributed by atoms with Crippen LogP contribution in [0.1, 0.15) is 25.7 Å². The van der Waals surface area contributed by atoms with E-state index in [2.05, 4.69) is 0 Å². The number of amides is 1. The van der Waals surface area contributed by atoms with E-state index in [-0.39, 0.29) is 12.7 Å². The topological polar surface area (TPSA) is 49.8 Å². The molecule has 0 heterocycles. The second-order valence-corrected chi connectivity index (χ2v) is 6.21. The fourth-order valence-corrected chi connectivity index (χ4v) is 2.87. The Kier molecular flexibility index (Phi) is 5.88. The molecule has 0 saturated heterocycles. The molecule has 21 heavy (non-hydrogen) atoms. The summed E-state index contributed by atoms with van der Waals surface area (Å²) in [6.45, 7) is 0.978. The lowest BCUT2D eigenvalue weighted by Gasteiger charge is -2.30. The number of aliphatic hydroxyl groups is 1. The third-order valence-corrected chi connectivity index (χ3v) is 4.34. The highest BCUT2D eigenvalue weighted by molar-refractivity contribution is 6.30. The molecule has 1 amide bonds. The highest BCUT2D eigenvalue weighted by Crippen LogP contribution is 2.29. The van der Waals surface area contributed by atoms with Crippen molar-refractivity contribution in [1.82, 2.24) is 4.90 Å². The summed E-state index contributed by atoms with van der Waals surface area (Å²) in [7, 11) is 1.76. The average molecular weight is 312 g/mol. The molecule has 1 aromatic rings. The quantitative estimate of drug-likeness (QED) is 0.924. The van der Waals surface area contributed by atoms with Crippen LogP contribution in [0.15, 0.2) is 24.3 Å². The van der Waals surface area contributed by atoms with E-state index in [9.17, 15) is 4.79 Å². The van der Waals surface area contributed by atoms with E-state index in [0.29, 0.717) is 29.2 Å². The van der Waals surface area contributed by atoms with E-state index in [1.165, 1.54) is 0 Å². The summed E-state index contributed by atoms with van der Waals surface area (Å²) < 4.78 is 5.30. The predicted molar refractivity (Wildman–Crippen MR) is 82.6 cm³/mol. The summed E-state index contributed by atoms with van der Waals surface area (Å²) in [5.41, 5.74) is 0. The molecule has 0 atom stereocenters. The summed E-state index contributed by atoms with van der Waals surface area (Å²) >= 11 is 5.79. The van der Waals surface area contributed by atoms with Crippen LogP contribution in [0.2, 0.25) is 5.02 Å². The minimum atomic E-state index is -0.346. The molecule has 0 bridgehead atoms. The molecule has 0 radical (unpaired) electrons. The van der Waals surface area contributed by atoms with Gasteiger partial charge < -0.3 is 14.7 Å². The Morgan fingerprint density at radius 1 is 1.24 bits per heavy atom. The number of ether oxygens (including phenoxy) is 1. The van der Waals surface area contributed by atoms with Crippen molar-refractivity contribution in [3.05, 3.63) is 29.3 Å². The lowest BCUT2D eigenvalue weighted by Crippen LogP contribution is -2.35. The predicted octanol–water partition coefficient (Wildman–Crippen LogP) is 3.57. The largest absolute Gasteiger partial charge is 0.414 e. The molecule has 0 spiro atoms. The molecule has 116 valence electrons. The zero-order chi connectivity index (χ0) is 15.2. The van der Waals surface area contributed by atoms with Gasteiger partial charge in [-0.15, -0.1) is 0 Å². The van der Waals surface area contributed by atoms with Gasteiger partial charge in [-0.25, -0.2) is 4.79 Å². The highest BCUT2D eigenvalue weighted by Gasteiger charge is 2.23. The van der Waals surface area contributed by atoms with E-state index in [0.717, 1.165) is 25.7 Å². The zero-order valence-corrected chi connectivity index (χ0v) is 13.1. The zero-order valence-electron chi connectivity index (χ0n) is 12.3. The maximum atomic E-state index is 12.0. The Morgan fingerprint density at radius 3 is 2.38 bits per heavy atom. The first-order valence-electron chi connectivity index (χ1n) is 7.38. The first-order chi connectivity index (χ1) is 10.1. The van der Waals surface area contributed by atoms with Crippen molar-refractivity contribution < 1.29 is 14.6 Å². The number of carbonyl (C=O) groups is 1. The van der Waals surface area contributed by atoms with Crippen LogP contribution in [-0.2, 0) is 0 Å². The molecule has 1 fully saturated rings. The molecule has 1 aromatic carbocycles. The monoisotopic (exact) mass is 311 g/mol. The number of rotatable bonds is 4. The number of hydrogen-bond donors (Lipinski definition) is 1. The molecule has 0 unspecified atom stereocenters. The Labute approximate surface area is 130 Å². The number of carbonyl (C=O) groups excluding carboxylic acids is 1. The van der Waals surface area contributed by atoms with Crippen molar-refractivity contribution in [3.8, 4) is 5.75 Å². The first kappa shape index (κ1) is 16.1. The van der Waals surface area contributed by atoms with Gasteiger partial charge in [0.05, 0.1) is 0 Å². The average Bonchev–Trinajstić information content (AvgIpc) is 2.50. The van der Waals surface area contributed by atoms with Gasteiger partial charge in [0.25, 0.3) is 0 Å². The molecular weight excluding hydrogens is 290 g/mol. The van der Waals surface area contributed by atoms with Gasteiger partial charge in [0, 0.05) is 25.2 Å². The summed E-state index contributed by atoms with van der Waals surface area (Å²) in [5, 5.41) is 9.75. The summed E-state index contributed by atoms with van der Waals surface area (Å²) in [5.74, 6) is 1.43. The van der Waals surface area contributed by atoms with E-state index in [4.69, 9.17) is 21.4 Å². The molecule has 1 aliphatic carbocycles. The standard InChI is InChI=1S/C16H22ClNO3/c1-18(10-12-2-4-13(11-19)5-3-12)16(20)21-15-8-6-14(17)7-9-15/h6-9,12-13,19H,2-5,10-11H2,1H3/t12-,13-. The van der Waals surface area contributed by atoms with Crippen LogP contribution in [0.4, 0.5) is 4.79 Å². The third-order valence-electron chi connectivity index (χ3n) is 4.09. The maximum Gasteiger partial charge on any atom is 0.414 e. The van der Waals surface area contributed by atoms with Crippen molar-refractivity contribution in [1.29, 1.82) is 0 Å². The van der Waals surface area contributed by atoms with Crippen LogP contribution in [-0.4, -0.2) is 36.3 Å². The van der Waals surface area contributed by atoms with Crippen molar-refractivity contribution in [3.63, 3.8) is 0 Å². The van der Waals surface area contributed by atoms with Gasteiger partial charge in [-0.05, 0) is 61.8 Å². The van der Waals surface area contributed by atoms with Gasteiger partial charge in [0.2, 0.25) is 0 Å². The number of halogens is 1. The molecule has 1 saturated carbocycles. The first-order valence-corrected chi connectivity index (χ1v) is 7.75. The van der Waals surface area contributed by atoms with Gasteiger partial charge >= 0.3 is 6.09 Å². The van der Waals surface area contributed by atoms with E-state index >= 15 is 0 Å². The molecule has 1 N–H and O–H groups in total. The molecule has 0 aromatic heterocycles. The van der Waals surface area contributed by atoms with E-state index in [1.807, 2.05) is 0 Å². The number of benzene rings is 1. The minimum absolute atomic E-state index is 0.279. The van der Waals surface area contributed by atoms with Gasteiger partial charge in [-0.3, -0.25) is 0 Å². The molecule has 0 aliphatic heterocycles. The third kappa shape index (κ3) is 4.90. The molecule has 5 heteroatoms. The lowest BCUT2D eigenvalue weighted by molar-refractivity contribution is 0.132. The number of hydrogen-bond acceptors (Lipinski definition) is 3. The van der Waals surface area contributed by atoms with Crippen LogP contribution in [0, 0.1) is 11.8 Å². The van der Waals surface area contributed by atoms with Crippen LogP contribution in [0.3, 0.4) is 0 Å². The maximum absolute atomic E-state index is 12.0. The number of aliphatic hydroxyl groups excluding tert-OH is 1. The van der Waals surface area contributed by atoms with Crippen molar-refractivity contribution in [2.24, 2.45) is 11.8 Å². The van der Waals surface area contributed by atoms with Crippen LogP contribution >= 0.6 is 11.6 Å². The molecule has 4 nitrogen and oxygen atoms in total. The number of nitrogens with zero attached hydrogens (tertiary/aromatic N) is 1. The second kappa shape index (κ2) is 7.66. The van der Waals surface area contributed by atoms with Crippen molar-refractivity contribution >= 4 is 17.7 Å². The summed E-state index contributed by atoms with van der Waals surface area (Å²) in [4.78, 5) is 13.6. The van der Waals surface area contributed by atoms with Crippen molar-refractivity contribution in [2.45, 2.75) is 25.7 Å². The van der Waals surface area contributed by atoms with Gasteiger partial charge in [-0.2, -0.15) is 0 Å². The minimum Gasteiger partial charge on any atom is -0.410 e. The van der Waals surface area contributed by atoms with Gasteiger partial charge in [-0.1, -0.05) is 11.6 Å². The highest BCUT2D eigenvalue weighted by atomic mass is 35.5. The fraction of sp³-hybridized carbons (Fsp3) is 0.562. The summed E-state index contributed by atoms with van der Waals surface area (Å²) in [6.07, 6.45) is 3.86. The lowest BCUT2D eigenvalue weighted by atomic mass is 9.82. The molecule has 2 rings (SSSR count). The Balaban J connectivity index is 1.78. The van der Waals surface area contributed by atoms with Gasteiger partial charge in [0.1, 0.15) is 5.75 Å². The second-order valence-electron chi connectivity index (χ2n) is 5.77. The Hall–Kier alpha value is -1.26. The summed E-state index contributed by atoms with van der Waals surface area (Å²) in [6, 6.07) is 6.75. The van der Waals surface area contributed by atoms with Crippen molar-refractivity contribution in [2.75, 3.05) is 20.2 Å².